The number of carbonyl (C=O) groups excluding carboxylic acids is 2. The van der Waals surface area contributed by atoms with Crippen LogP contribution in [0.4, 0.5) is 4.39 Å². The Morgan fingerprint density at radius 3 is 2.50 bits per heavy atom. The highest BCUT2D eigenvalue weighted by atomic mass is 32.1. The lowest BCUT2D eigenvalue weighted by molar-refractivity contribution is -0.122. The van der Waals surface area contributed by atoms with E-state index in [4.69, 9.17) is 12.2 Å². The van der Waals surface area contributed by atoms with Crippen molar-refractivity contribution in [2.75, 3.05) is 0 Å². The van der Waals surface area contributed by atoms with Crippen molar-refractivity contribution < 1.29 is 14.0 Å². The molecule has 28 heavy (non-hydrogen) atoms. The molecule has 0 aliphatic heterocycles. The number of thiocarbonyl (C=S) groups is 1. The molecule has 2 aromatic carbocycles. The van der Waals surface area contributed by atoms with Crippen LogP contribution in [0.15, 0.2) is 54.6 Å². The average Bonchev–Trinajstić information content (AvgIpc) is 3.16. The van der Waals surface area contributed by atoms with Crippen molar-refractivity contribution in [3.63, 3.8) is 0 Å². The largest absolute Gasteiger partial charge is 0.298 e. The van der Waals surface area contributed by atoms with Gasteiger partial charge in [-0.1, -0.05) is 42.5 Å². The van der Waals surface area contributed by atoms with Crippen molar-refractivity contribution in [3.05, 3.63) is 66.0 Å². The number of rotatable bonds is 4. The zero-order valence-electron chi connectivity index (χ0n) is 14.3. The van der Waals surface area contributed by atoms with Crippen molar-refractivity contribution in [1.29, 1.82) is 0 Å². The molecule has 0 saturated heterocycles. The summed E-state index contributed by atoms with van der Waals surface area (Å²) in [7, 11) is 0. The van der Waals surface area contributed by atoms with E-state index in [1.807, 2.05) is 30.3 Å². The van der Waals surface area contributed by atoms with Crippen LogP contribution in [-0.4, -0.2) is 37.1 Å². The van der Waals surface area contributed by atoms with E-state index in [1.165, 1.54) is 18.2 Å². The fourth-order valence-corrected chi connectivity index (χ4v) is 2.30. The number of halogens is 1. The topological polar surface area (TPSA) is 114 Å². The molecule has 0 aliphatic rings. The molecule has 0 unspecified atom stereocenters. The SMILES string of the molecule is O=C(Cn1nnc(-c2ccccc2)n1)NNC(=S)NC(=O)c1ccccc1F. The van der Waals surface area contributed by atoms with Crippen LogP contribution < -0.4 is 16.2 Å². The van der Waals surface area contributed by atoms with E-state index in [0.29, 0.717) is 5.82 Å². The van der Waals surface area contributed by atoms with E-state index < -0.39 is 17.6 Å². The second-order valence-electron chi connectivity index (χ2n) is 5.45. The molecule has 1 aromatic heterocycles. The number of hydrogen-bond acceptors (Lipinski definition) is 6. The normalized spacial score (nSPS) is 10.2. The van der Waals surface area contributed by atoms with Gasteiger partial charge < -0.3 is 0 Å². The van der Waals surface area contributed by atoms with Crippen LogP contribution in [0.25, 0.3) is 11.4 Å². The maximum atomic E-state index is 13.6. The third-order valence-electron chi connectivity index (χ3n) is 3.43. The highest BCUT2D eigenvalue weighted by Crippen LogP contribution is 2.11. The third kappa shape index (κ3) is 4.92. The molecule has 9 nitrogen and oxygen atoms in total. The second-order valence-corrected chi connectivity index (χ2v) is 5.85. The number of nitrogens with zero attached hydrogens (tertiary/aromatic N) is 4. The molecule has 3 rings (SSSR count). The lowest BCUT2D eigenvalue weighted by atomic mass is 10.2. The van der Waals surface area contributed by atoms with Crippen molar-refractivity contribution in [2.24, 2.45) is 0 Å². The predicted octanol–water partition coefficient (Wildman–Crippen LogP) is 0.815. The van der Waals surface area contributed by atoms with E-state index in [2.05, 4.69) is 31.6 Å². The number of tetrazole rings is 1. The summed E-state index contributed by atoms with van der Waals surface area (Å²) >= 11 is 4.89. The minimum Gasteiger partial charge on any atom is -0.298 e. The Balaban J connectivity index is 1.48. The lowest BCUT2D eigenvalue weighted by Gasteiger charge is -2.10. The molecule has 0 radical (unpaired) electrons. The Bertz CT molecular complexity index is 1010. The van der Waals surface area contributed by atoms with E-state index in [-0.39, 0.29) is 17.2 Å². The summed E-state index contributed by atoms with van der Waals surface area (Å²) in [5.74, 6) is -1.57. The first kappa shape index (κ1) is 19.0. The molecular weight excluding hydrogens is 385 g/mol. The molecule has 3 aromatic rings. The van der Waals surface area contributed by atoms with Gasteiger partial charge >= 0.3 is 0 Å². The summed E-state index contributed by atoms with van der Waals surface area (Å²) in [6.45, 7) is -0.225. The molecule has 0 fully saturated rings. The Morgan fingerprint density at radius 1 is 1.04 bits per heavy atom. The first-order valence-corrected chi connectivity index (χ1v) is 8.41. The fourth-order valence-electron chi connectivity index (χ4n) is 2.15. The summed E-state index contributed by atoms with van der Waals surface area (Å²) in [6.07, 6.45) is 0. The quantitative estimate of drug-likeness (QED) is 0.440. The molecule has 0 saturated carbocycles. The van der Waals surface area contributed by atoms with Gasteiger partial charge in [0.1, 0.15) is 12.4 Å². The van der Waals surface area contributed by atoms with Gasteiger partial charge in [-0.3, -0.25) is 25.8 Å². The highest BCUT2D eigenvalue weighted by Gasteiger charge is 2.13. The minimum atomic E-state index is -0.740. The first-order chi connectivity index (χ1) is 13.5. The van der Waals surface area contributed by atoms with Gasteiger partial charge in [-0.05, 0) is 29.6 Å². The summed E-state index contributed by atoms with van der Waals surface area (Å²) in [5.41, 5.74) is 5.23. The van der Waals surface area contributed by atoms with Gasteiger partial charge in [-0.15, -0.1) is 10.2 Å². The standard InChI is InChI=1S/C17H14FN7O2S/c18-13-9-5-4-8-12(13)16(27)19-17(28)22-20-14(26)10-25-23-15(21-24-25)11-6-2-1-3-7-11/h1-9H,10H2,(H,20,26)(H2,19,22,27,28). The van der Waals surface area contributed by atoms with Crippen molar-refractivity contribution >= 4 is 29.1 Å². The van der Waals surface area contributed by atoms with Crippen molar-refractivity contribution in [3.8, 4) is 11.4 Å². The number of aromatic nitrogens is 4. The Hall–Kier alpha value is -3.73. The summed E-state index contributed by atoms with van der Waals surface area (Å²) in [5, 5.41) is 13.8. The molecule has 0 bridgehead atoms. The average molecular weight is 399 g/mol. The van der Waals surface area contributed by atoms with Crippen LogP contribution in [0, 0.1) is 5.82 Å². The van der Waals surface area contributed by atoms with Gasteiger partial charge in [0, 0.05) is 5.56 Å². The van der Waals surface area contributed by atoms with Gasteiger partial charge in [0.15, 0.2) is 5.11 Å². The molecule has 142 valence electrons. The Labute approximate surface area is 163 Å². The van der Waals surface area contributed by atoms with E-state index in [0.717, 1.165) is 16.4 Å². The second kappa shape index (κ2) is 8.77. The molecule has 3 N–H and O–H groups in total. The molecule has 2 amide bonds. The minimum absolute atomic E-state index is 0.168. The van der Waals surface area contributed by atoms with Gasteiger partial charge in [0.05, 0.1) is 5.56 Å². The Morgan fingerprint density at radius 2 is 1.75 bits per heavy atom. The molecule has 0 spiro atoms. The predicted molar refractivity (Wildman–Crippen MR) is 101 cm³/mol. The number of hydrazine groups is 1. The van der Waals surface area contributed by atoms with Gasteiger partial charge in [-0.25, -0.2) is 4.39 Å². The van der Waals surface area contributed by atoms with Crippen LogP contribution in [-0.2, 0) is 11.3 Å². The van der Waals surface area contributed by atoms with Crippen LogP contribution in [0.2, 0.25) is 0 Å². The number of amides is 2. The van der Waals surface area contributed by atoms with Crippen LogP contribution in [0.3, 0.4) is 0 Å². The number of nitrogens with one attached hydrogen (secondary N) is 3. The zero-order chi connectivity index (χ0) is 19.9. The van der Waals surface area contributed by atoms with Crippen molar-refractivity contribution in [1.82, 2.24) is 36.4 Å². The summed E-state index contributed by atoms with van der Waals surface area (Å²) in [6, 6.07) is 14.6. The van der Waals surface area contributed by atoms with Gasteiger partial charge in [0.25, 0.3) is 11.8 Å². The van der Waals surface area contributed by atoms with Crippen LogP contribution in [0.5, 0.6) is 0 Å². The van der Waals surface area contributed by atoms with Gasteiger partial charge in [0.2, 0.25) is 5.82 Å². The summed E-state index contributed by atoms with van der Waals surface area (Å²) < 4.78 is 13.6. The van der Waals surface area contributed by atoms with E-state index in [1.54, 1.807) is 0 Å². The number of hydrogen-bond donors (Lipinski definition) is 3. The maximum Gasteiger partial charge on any atom is 0.262 e. The molecule has 11 heteroatoms. The third-order valence-corrected chi connectivity index (χ3v) is 3.63. The summed E-state index contributed by atoms with van der Waals surface area (Å²) in [4.78, 5) is 25.0. The molecule has 0 aliphatic carbocycles. The van der Waals surface area contributed by atoms with Crippen LogP contribution >= 0.6 is 12.2 Å². The zero-order valence-corrected chi connectivity index (χ0v) is 15.1. The van der Waals surface area contributed by atoms with E-state index in [9.17, 15) is 14.0 Å². The molecular formula is C17H14FN7O2S. The number of carbonyl (C=O) groups is 2. The number of benzene rings is 2. The maximum absolute atomic E-state index is 13.6. The fraction of sp³-hybridized carbons (Fsp3) is 0.0588. The Kier molecular flexibility index (Phi) is 5.97. The molecule has 0 atom stereocenters. The van der Waals surface area contributed by atoms with Crippen molar-refractivity contribution in [2.45, 2.75) is 6.54 Å². The lowest BCUT2D eigenvalue weighted by Crippen LogP contribution is -2.49. The smallest absolute Gasteiger partial charge is 0.262 e. The van der Waals surface area contributed by atoms with E-state index >= 15 is 0 Å². The van der Waals surface area contributed by atoms with Crippen LogP contribution in [0.1, 0.15) is 10.4 Å². The molecule has 1 heterocycles. The monoisotopic (exact) mass is 399 g/mol. The highest BCUT2D eigenvalue weighted by molar-refractivity contribution is 7.80. The first-order valence-electron chi connectivity index (χ1n) is 8.01. The van der Waals surface area contributed by atoms with Gasteiger partial charge in [-0.2, -0.15) is 4.80 Å².